The van der Waals surface area contributed by atoms with Crippen molar-refractivity contribution >= 4 is 27.3 Å². The summed E-state index contributed by atoms with van der Waals surface area (Å²) in [5.74, 6) is -0.571. The van der Waals surface area contributed by atoms with Crippen molar-refractivity contribution < 1.29 is 8.42 Å². The van der Waals surface area contributed by atoms with Crippen molar-refractivity contribution in [3.63, 3.8) is 0 Å². The van der Waals surface area contributed by atoms with Gasteiger partial charge in [-0.15, -0.1) is 0 Å². The number of halogens is 1. The highest BCUT2D eigenvalue weighted by molar-refractivity contribution is 7.92. The van der Waals surface area contributed by atoms with Gasteiger partial charge in [0, 0.05) is 10.7 Å². The molecule has 0 amide bonds. The molecule has 0 spiro atoms. The second-order valence-electron chi connectivity index (χ2n) is 2.98. The van der Waals surface area contributed by atoms with Crippen LogP contribution in [0.1, 0.15) is 5.56 Å². The number of benzene rings is 1. The normalized spacial score (nSPS) is 10.7. The van der Waals surface area contributed by atoms with Gasteiger partial charge in [0.05, 0.1) is 6.07 Å². The molecule has 0 saturated heterocycles. The fourth-order valence-corrected chi connectivity index (χ4v) is 1.87. The van der Waals surface area contributed by atoms with Crippen LogP contribution in [0.3, 0.4) is 0 Å². The van der Waals surface area contributed by atoms with E-state index in [-0.39, 0.29) is 0 Å². The van der Waals surface area contributed by atoms with Crippen LogP contribution in [0.15, 0.2) is 18.2 Å². The highest BCUT2D eigenvalue weighted by Crippen LogP contribution is 2.20. The summed E-state index contributed by atoms with van der Waals surface area (Å²) < 4.78 is 24.7. The van der Waals surface area contributed by atoms with Gasteiger partial charge in [-0.3, -0.25) is 4.72 Å². The zero-order valence-electron chi connectivity index (χ0n) is 7.99. The number of hydrogen-bond acceptors (Lipinski definition) is 3. The number of aryl methyl sites for hydroxylation is 1. The summed E-state index contributed by atoms with van der Waals surface area (Å²) in [6, 6.07) is 6.37. The monoisotopic (exact) mass is 244 g/mol. The molecular formula is C9H9ClN2O2S. The first kappa shape index (κ1) is 11.8. The molecule has 0 unspecified atom stereocenters. The Morgan fingerprint density at radius 1 is 1.53 bits per heavy atom. The lowest BCUT2D eigenvalue weighted by Crippen LogP contribution is -2.15. The second-order valence-corrected chi connectivity index (χ2v) is 5.11. The molecular weight excluding hydrogens is 236 g/mol. The molecule has 0 saturated carbocycles. The molecule has 0 heterocycles. The summed E-state index contributed by atoms with van der Waals surface area (Å²) in [6.07, 6.45) is 0. The van der Waals surface area contributed by atoms with Gasteiger partial charge in [0.1, 0.15) is 0 Å². The van der Waals surface area contributed by atoms with Crippen LogP contribution < -0.4 is 4.72 Å². The minimum absolute atomic E-state index is 0.362. The van der Waals surface area contributed by atoms with Crippen LogP contribution in [0.4, 0.5) is 5.69 Å². The van der Waals surface area contributed by atoms with Crippen molar-refractivity contribution in [2.24, 2.45) is 0 Å². The molecule has 6 heteroatoms. The fraction of sp³-hybridized carbons (Fsp3) is 0.222. The molecule has 1 aromatic carbocycles. The Balaban J connectivity index is 2.92. The van der Waals surface area contributed by atoms with Crippen molar-refractivity contribution in [3.05, 3.63) is 28.8 Å². The van der Waals surface area contributed by atoms with E-state index >= 15 is 0 Å². The first-order chi connectivity index (χ1) is 6.94. The Hall–Kier alpha value is -1.25. The Morgan fingerprint density at radius 2 is 2.20 bits per heavy atom. The first-order valence-electron chi connectivity index (χ1n) is 4.08. The van der Waals surface area contributed by atoms with Gasteiger partial charge in [0.25, 0.3) is 0 Å². The molecule has 0 aliphatic carbocycles. The van der Waals surface area contributed by atoms with Gasteiger partial charge >= 0.3 is 0 Å². The lowest BCUT2D eigenvalue weighted by atomic mass is 10.2. The molecule has 1 N–H and O–H groups in total. The van der Waals surface area contributed by atoms with Gasteiger partial charge in [-0.05, 0) is 24.6 Å². The Morgan fingerprint density at radius 3 is 2.73 bits per heavy atom. The third-order valence-corrected chi connectivity index (χ3v) is 3.16. The second kappa shape index (κ2) is 4.51. The molecule has 1 aromatic rings. The van der Waals surface area contributed by atoms with Gasteiger partial charge in [-0.1, -0.05) is 17.7 Å². The van der Waals surface area contributed by atoms with Crippen molar-refractivity contribution in [1.29, 1.82) is 5.26 Å². The van der Waals surface area contributed by atoms with Gasteiger partial charge in [0.2, 0.25) is 10.0 Å². The van der Waals surface area contributed by atoms with Crippen molar-refractivity contribution in [3.8, 4) is 6.07 Å². The molecule has 0 aromatic heterocycles. The van der Waals surface area contributed by atoms with Gasteiger partial charge in [0.15, 0.2) is 5.75 Å². The Kier molecular flexibility index (Phi) is 3.56. The highest BCUT2D eigenvalue weighted by atomic mass is 35.5. The standard InChI is InChI=1S/C9H9ClN2O2S/c1-7-2-3-8(6-9(7)10)12-15(13,14)5-4-11/h2-3,6,12H,5H2,1H3. The molecule has 15 heavy (non-hydrogen) atoms. The van der Waals surface area contributed by atoms with E-state index < -0.39 is 15.8 Å². The largest absolute Gasteiger partial charge is 0.283 e. The predicted octanol–water partition coefficient (Wildman–Crippen LogP) is 1.91. The number of anilines is 1. The molecule has 80 valence electrons. The zero-order chi connectivity index (χ0) is 11.5. The van der Waals surface area contributed by atoms with Gasteiger partial charge in [-0.25, -0.2) is 8.42 Å². The maximum atomic E-state index is 11.2. The minimum Gasteiger partial charge on any atom is -0.283 e. The molecule has 0 radical (unpaired) electrons. The lowest BCUT2D eigenvalue weighted by Gasteiger charge is -2.06. The van der Waals surface area contributed by atoms with E-state index in [0.29, 0.717) is 10.7 Å². The van der Waals surface area contributed by atoms with Crippen LogP contribution in [0.25, 0.3) is 0 Å². The smallest absolute Gasteiger partial charge is 0.246 e. The average molecular weight is 245 g/mol. The fourth-order valence-electron chi connectivity index (χ4n) is 0.957. The summed E-state index contributed by atoms with van der Waals surface area (Å²) in [4.78, 5) is 0. The first-order valence-corrected chi connectivity index (χ1v) is 6.11. The number of rotatable bonds is 3. The van der Waals surface area contributed by atoms with Crippen LogP contribution in [-0.2, 0) is 10.0 Å². The SMILES string of the molecule is Cc1ccc(NS(=O)(=O)CC#N)cc1Cl. The third-order valence-electron chi connectivity index (χ3n) is 1.70. The number of hydrogen-bond donors (Lipinski definition) is 1. The lowest BCUT2D eigenvalue weighted by molar-refractivity contribution is 0.604. The zero-order valence-corrected chi connectivity index (χ0v) is 9.56. The van der Waals surface area contributed by atoms with Crippen molar-refractivity contribution in [1.82, 2.24) is 0 Å². The summed E-state index contributed by atoms with van der Waals surface area (Å²) in [5, 5.41) is 8.76. The molecule has 0 atom stereocenters. The Labute approximate surface area is 93.5 Å². The number of nitriles is 1. The van der Waals surface area contributed by atoms with E-state index in [4.69, 9.17) is 16.9 Å². The summed E-state index contributed by atoms with van der Waals surface area (Å²) >= 11 is 5.82. The molecule has 4 nitrogen and oxygen atoms in total. The highest BCUT2D eigenvalue weighted by Gasteiger charge is 2.09. The molecule has 0 aliphatic rings. The molecule has 0 bridgehead atoms. The van der Waals surface area contributed by atoms with Crippen LogP contribution in [0.2, 0.25) is 5.02 Å². The number of nitrogens with zero attached hydrogens (tertiary/aromatic N) is 1. The van der Waals surface area contributed by atoms with Gasteiger partial charge in [-0.2, -0.15) is 5.26 Å². The van der Waals surface area contributed by atoms with E-state index in [0.717, 1.165) is 5.56 Å². The topological polar surface area (TPSA) is 70.0 Å². The van der Waals surface area contributed by atoms with Crippen LogP contribution in [0, 0.1) is 18.3 Å². The van der Waals surface area contributed by atoms with Crippen LogP contribution >= 0.6 is 11.6 Å². The predicted molar refractivity (Wildman–Crippen MR) is 59.2 cm³/mol. The van der Waals surface area contributed by atoms with E-state index in [1.54, 1.807) is 18.2 Å². The van der Waals surface area contributed by atoms with Crippen LogP contribution in [0.5, 0.6) is 0 Å². The van der Waals surface area contributed by atoms with Crippen LogP contribution in [-0.4, -0.2) is 14.2 Å². The Bertz CT molecular complexity index is 505. The molecule has 0 fully saturated rings. The summed E-state index contributed by atoms with van der Waals surface area (Å²) in [5.41, 5.74) is 1.22. The molecule has 1 rings (SSSR count). The van der Waals surface area contributed by atoms with E-state index in [9.17, 15) is 8.42 Å². The van der Waals surface area contributed by atoms with E-state index in [2.05, 4.69) is 4.72 Å². The van der Waals surface area contributed by atoms with Gasteiger partial charge < -0.3 is 0 Å². The van der Waals surface area contributed by atoms with E-state index in [1.807, 2.05) is 6.92 Å². The number of nitrogens with one attached hydrogen (secondary N) is 1. The summed E-state index contributed by atoms with van der Waals surface area (Å²) in [7, 11) is -3.58. The van der Waals surface area contributed by atoms with E-state index in [1.165, 1.54) is 6.07 Å². The van der Waals surface area contributed by atoms with Crippen molar-refractivity contribution in [2.75, 3.05) is 10.5 Å². The summed E-state index contributed by atoms with van der Waals surface area (Å²) in [6.45, 7) is 1.82. The minimum atomic E-state index is -3.58. The molecule has 0 aliphatic heterocycles. The van der Waals surface area contributed by atoms with Crippen molar-refractivity contribution in [2.45, 2.75) is 6.92 Å². The number of sulfonamides is 1. The average Bonchev–Trinajstić information content (AvgIpc) is 2.10. The quantitative estimate of drug-likeness (QED) is 0.883. The third kappa shape index (κ3) is 3.42. The maximum absolute atomic E-state index is 11.2. The maximum Gasteiger partial charge on any atom is 0.246 e.